The van der Waals surface area contributed by atoms with Gasteiger partial charge in [-0.05, 0) is 19.8 Å². The average Bonchev–Trinajstić information content (AvgIpc) is 2.86. The van der Waals surface area contributed by atoms with E-state index in [-0.39, 0.29) is 19.0 Å². The molecule has 1 saturated carbocycles. The molecule has 1 fully saturated rings. The first-order chi connectivity index (χ1) is 9.34. The van der Waals surface area contributed by atoms with Crippen molar-refractivity contribution in [2.45, 2.75) is 38.4 Å². The zero-order valence-electron chi connectivity index (χ0n) is 11.8. The molecular formula is C12H22N2O5S. The van der Waals surface area contributed by atoms with Crippen molar-refractivity contribution in [2.24, 2.45) is 5.92 Å². The predicted molar refractivity (Wildman–Crippen MR) is 73.6 cm³/mol. The Morgan fingerprint density at radius 2 is 1.95 bits per heavy atom. The van der Waals surface area contributed by atoms with E-state index in [1.165, 1.54) is 0 Å². The van der Waals surface area contributed by atoms with E-state index in [2.05, 4.69) is 5.32 Å². The van der Waals surface area contributed by atoms with Crippen LogP contribution in [0.1, 0.15) is 33.1 Å². The van der Waals surface area contributed by atoms with Gasteiger partial charge >= 0.3 is 5.97 Å². The van der Waals surface area contributed by atoms with Crippen molar-refractivity contribution in [3.63, 3.8) is 0 Å². The molecule has 8 heteroatoms. The zero-order chi connectivity index (χ0) is 15.3. The lowest BCUT2D eigenvalue weighted by Gasteiger charge is -2.25. The van der Waals surface area contributed by atoms with Gasteiger partial charge in [-0.2, -0.15) is 4.31 Å². The van der Waals surface area contributed by atoms with Gasteiger partial charge in [0.1, 0.15) is 0 Å². The molecule has 1 rings (SSSR count). The number of nitrogens with one attached hydrogen (secondary N) is 1. The summed E-state index contributed by atoms with van der Waals surface area (Å²) in [6, 6.07) is 0. The van der Waals surface area contributed by atoms with Gasteiger partial charge in [0.15, 0.2) is 0 Å². The van der Waals surface area contributed by atoms with Crippen molar-refractivity contribution in [3.8, 4) is 0 Å². The summed E-state index contributed by atoms with van der Waals surface area (Å²) in [7, 11) is -3.77. The Morgan fingerprint density at radius 3 is 2.45 bits per heavy atom. The number of aliphatic carboxylic acids is 1. The number of nitrogens with zero attached hydrogens (tertiary/aromatic N) is 1. The molecule has 0 spiro atoms. The summed E-state index contributed by atoms with van der Waals surface area (Å²) in [6.45, 7) is 3.72. The van der Waals surface area contributed by atoms with Crippen molar-refractivity contribution in [1.82, 2.24) is 9.62 Å². The van der Waals surface area contributed by atoms with Gasteiger partial charge in [0, 0.05) is 13.1 Å². The standard InChI is InChI=1S/C12H22N2O5S/c1-3-13-11(15)8-14(4-2)20(18,19)10-7-5-6-9(10)12(16)17/h9-10H,3-8H2,1-2H3,(H,13,15)(H,16,17). The maximum absolute atomic E-state index is 12.5. The van der Waals surface area contributed by atoms with E-state index < -0.39 is 27.2 Å². The minimum atomic E-state index is -3.77. The lowest BCUT2D eigenvalue weighted by molar-refractivity contribution is -0.141. The highest BCUT2D eigenvalue weighted by atomic mass is 32.2. The van der Waals surface area contributed by atoms with Crippen molar-refractivity contribution in [3.05, 3.63) is 0 Å². The van der Waals surface area contributed by atoms with Crippen LogP contribution >= 0.6 is 0 Å². The smallest absolute Gasteiger partial charge is 0.307 e. The Labute approximate surface area is 119 Å². The van der Waals surface area contributed by atoms with Gasteiger partial charge in [-0.25, -0.2) is 8.42 Å². The summed E-state index contributed by atoms with van der Waals surface area (Å²) >= 11 is 0. The van der Waals surface area contributed by atoms with E-state index >= 15 is 0 Å². The second-order valence-corrected chi connectivity index (χ2v) is 6.99. The minimum absolute atomic E-state index is 0.155. The molecule has 0 heterocycles. The van der Waals surface area contributed by atoms with Gasteiger partial charge in [0.2, 0.25) is 15.9 Å². The fourth-order valence-corrected chi connectivity index (χ4v) is 4.72. The van der Waals surface area contributed by atoms with Crippen LogP contribution in [0.2, 0.25) is 0 Å². The number of carboxylic acid groups (broad SMARTS) is 1. The van der Waals surface area contributed by atoms with Crippen molar-refractivity contribution in [2.75, 3.05) is 19.6 Å². The molecule has 0 saturated heterocycles. The fraction of sp³-hybridized carbons (Fsp3) is 0.833. The van der Waals surface area contributed by atoms with Crippen LogP contribution in [-0.2, 0) is 19.6 Å². The molecule has 1 aliphatic carbocycles. The molecule has 0 aliphatic heterocycles. The molecule has 20 heavy (non-hydrogen) atoms. The molecule has 0 radical (unpaired) electrons. The number of carbonyl (C=O) groups excluding carboxylic acids is 1. The molecule has 1 aliphatic rings. The SMILES string of the molecule is CCNC(=O)CN(CC)S(=O)(=O)C1CCCC1C(=O)O. The third-order valence-electron chi connectivity index (χ3n) is 3.56. The highest BCUT2D eigenvalue weighted by Gasteiger charge is 2.44. The third-order valence-corrected chi connectivity index (χ3v) is 6.00. The number of hydrogen-bond donors (Lipinski definition) is 2. The Morgan fingerprint density at radius 1 is 1.30 bits per heavy atom. The van der Waals surface area contributed by atoms with E-state index in [9.17, 15) is 18.0 Å². The minimum Gasteiger partial charge on any atom is -0.481 e. The summed E-state index contributed by atoms with van der Waals surface area (Å²) in [5, 5.41) is 10.7. The second kappa shape index (κ2) is 7.03. The summed E-state index contributed by atoms with van der Waals surface area (Å²) < 4.78 is 26.1. The van der Waals surface area contributed by atoms with Crippen LogP contribution in [0, 0.1) is 5.92 Å². The van der Waals surface area contributed by atoms with Gasteiger partial charge in [-0.3, -0.25) is 9.59 Å². The summed E-state index contributed by atoms with van der Waals surface area (Å²) in [4.78, 5) is 22.7. The van der Waals surface area contributed by atoms with Crippen LogP contribution in [0.25, 0.3) is 0 Å². The fourth-order valence-electron chi connectivity index (χ4n) is 2.55. The Bertz CT molecular complexity index is 462. The third kappa shape index (κ3) is 3.69. The van der Waals surface area contributed by atoms with Crippen LogP contribution in [0.5, 0.6) is 0 Å². The molecule has 0 aromatic rings. The van der Waals surface area contributed by atoms with E-state index in [4.69, 9.17) is 5.11 Å². The number of hydrogen-bond acceptors (Lipinski definition) is 4. The van der Waals surface area contributed by atoms with Crippen molar-refractivity contribution >= 4 is 21.9 Å². The topological polar surface area (TPSA) is 104 Å². The zero-order valence-corrected chi connectivity index (χ0v) is 12.6. The lowest BCUT2D eigenvalue weighted by atomic mass is 10.1. The molecule has 2 atom stereocenters. The maximum Gasteiger partial charge on any atom is 0.307 e. The molecule has 7 nitrogen and oxygen atoms in total. The van der Waals surface area contributed by atoms with Gasteiger partial charge in [0.05, 0.1) is 17.7 Å². The van der Waals surface area contributed by atoms with Crippen LogP contribution in [0.3, 0.4) is 0 Å². The molecule has 0 aromatic carbocycles. The molecule has 0 aromatic heterocycles. The lowest BCUT2D eigenvalue weighted by Crippen LogP contribution is -2.46. The van der Waals surface area contributed by atoms with E-state index in [0.29, 0.717) is 25.8 Å². The van der Waals surface area contributed by atoms with Crippen molar-refractivity contribution in [1.29, 1.82) is 0 Å². The van der Waals surface area contributed by atoms with E-state index in [0.717, 1.165) is 4.31 Å². The van der Waals surface area contributed by atoms with Gasteiger partial charge in [0.25, 0.3) is 0 Å². The van der Waals surface area contributed by atoms with Gasteiger partial charge in [-0.15, -0.1) is 0 Å². The van der Waals surface area contributed by atoms with Crippen LogP contribution in [-0.4, -0.2) is 54.6 Å². The highest BCUT2D eigenvalue weighted by molar-refractivity contribution is 7.89. The molecule has 116 valence electrons. The Kier molecular flexibility index (Phi) is 5.94. The average molecular weight is 306 g/mol. The first-order valence-electron chi connectivity index (χ1n) is 6.83. The van der Waals surface area contributed by atoms with Gasteiger partial charge in [-0.1, -0.05) is 13.3 Å². The normalized spacial score (nSPS) is 22.9. The monoisotopic (exact) mass is 306 g/mol. The Balaban J connectivity index is 2.89. The largest absolute Gasteiger partial charge is 0.481 e. The van der Waals surface area contributed by atoms with Crippen LogP contribution in [0.15, 0.2) is 0 Å². The molecular weight excluding hydrogens is 284 g/mol. The number of rotatable bonds is 7. The molecule has 0 bridgehead atoms. The van der Waals surface area contributed by atoms with E-state index in [1.807, 2.05) is 0 Å². The Hall–Kier alpha value is -1.15. The molecule has 1 amide bonds. The predicted octanol–water partition coefficient (Wildman–Crippen LogP) is 0.0275. The second-order valence-electron chi connectivity index (χ2n) is 4.84. The first-order valence-corrected chi connectivity index (χ1v) is 8.33. The van der Waals surface area contributed by atoms with Crippen LogP contribution in [0.4, 0.5) is 0 Å². The summed E-state index contributed by atoms with van der Waals surface area (Å²) in [5.74, 6) is -2.32. The summed E-state index contributed by atoms with van der Waals surface area (Å²) in [5.41, 5.74) is 0. The number of carbonyl (C=O) groups is 2. The highest BCUT2D eigenvalue weighted by Crippen LogP contribution is 2.33. The van der Waals surface area contributed by atoms with E-state index in [1.54, 1.807) is 13.8 Å². The molecule has 2 unspecified atom stereocenters. The summed E-state index contributed by atoms with van der Waals surface area (Å²) in [6.07, 6.45) is 1.29. The number of amides is 1. The van der Waals surface area contributed by atoms with Crippen LogP contribution < -0.4 is 5.32 Å². The maximum atomic E-state index is 12.5. The quantitative estimate of drug-likeness (QED) is 0.690. The molecule has 2 N–H and O–H groups in total. The number of likely N-dealkylation sites (N-methyl/N-ethyl adjacent to an activating group) is 2. The number of sulfonamides is 1. The van der Waals surface area contributed by atoms with Gasteiger partial charge < -0.3 is 10.4 Å². The van der Waals surface area contributed by atoms with Crippen molar-refractivity contribution < 1.29 is 23.1 Å². The number of carboxylic acids is 1. The first kappa shape index (κ1) is 16.9.